The summed E-state index contributed by atoms with van der Waals surface area (Å²) in [5.74, 6) is 0. The maximum atomic E-state index is 12.0. The van der Waals surface area contributed by atoms with Crippen LogP contribution < -0.4 is 0 Å². The number of hydrogen-bond donors (Lipinski definition) is 0. The van der Waals surface area contributed by atoms with Crippen molar-refractivity contribution >= 4 is 21.8 Å². The summed E-state index contributed by atoms with van der Waals surface area (Å²) in [6, 6.07) is 3.86. The van der Waals surface area contributed by atoms with E-state index >= 15 is 0 Å². The Bertz CT molecular complexity index is 636. The van der Waals surface area contributed by atoms with Gasteiger partial charge in [-0.2, -0.15) is 0 Å². The molecule has 0 N–H and O–H groups in total. The van der Waals surface area contributed by atoms with Gasteiger partial charge in [0, 0.05) is 34.3 Å². The molecule has 0 saturated heterocycles. The zero-order valence-corrected chi connectivity index (χ0v) is 12.6. The van der Waals surface area contributed by atoms with Gasteiger partial charge in [0.15, 0.2) is 0 Å². The molecule has 110 valence electrons. The van der Waals surface area contributed by atoms with Crippen LogP contribution in [0.25, 0.3) is 6.08 Å². The summed E-state index contributed by atoms with van der Waals surface area (Å²) in [5, 5.41) is 11.1. The third-order valence-electron chi connectivity index (χ3n) is 2.53. The predicted octanol–water partition coefficient (Wildman–Crippen LogP) is 1.38. The van der Waals surface area contributed by atoms with E-state index in [9.17, 15) is 18.5 Å². The number of benzene rings is 1. The molecule has 0 amide bonds. The minimum absolute atomic E-state index is 0.101. The third kappa shape index (κ3) is 3.55. The summed E-state index contributed by atoms with van der Waals surface area (Å²) in [6.07, 6.45) is 3.21. The first-order valence-electron chi connectivity index (χ1n) is 5.72. The van der Waals surface area contributed by atoms with E-state index in [4.69, 9.17) is 0 Å². The predicted molar refractivity (Wildman–Crippen MR) is 76.7 cm³/mol. The fraction of sp³-hybridized carbons (Fsp3) is 0.333. The molecule has 0 unspecified atom stereocenters. The van der Waals surface area contributed by atoms with Crippen molar-refractivity contribution in [3.8, 4) is 0 Å². The van der Waals surface area contributed by atoms with Gasteiger partial charge in [0.05, 0.1) is 15.4 Å². The van der Waals surface area contributed by atoms with Gasteiger partial charge in [0.2, 0.25) is 10.0 Å². The topological polar surface area (TPSA) is 83.8 Å². The maximum Gasteiger partial charge on any atom is 0.277 e. The first-order chi connectivity index (χ1) is 9.16. The molecule has 1 aromatic carbocycles. The fourth-order valence-electron chi connectivity index (χ4n) is 1.42. The average molecular weight is 299 g/mol. The van der Waals surface area contributed by atoms with Gasteiger partial charge >= 0.3 is 0 Å². The molecule has 0 bridgehead atoms. The SMILES string of the molecule is CN(C)/C=C/c1ccc(S(=O)(=O)N(C)C)cc1[N+](=O)[O-]. The molecule has 0 aromatic heterocycles. The van der Waals surface area contributed by atoms with Gasteiger partial charge in [0.1, 0.15) is 0 Å². The molecular weight excluding hydrogens is 282 g/mol. The fourth-order valence-corrected chi connectivity index (χ4v) is 2.35. The summed E-state index contributed by atoms with van der Waals surface area (Å²) in [6.45, 7) is 0. The van der Waals surface area contributed by atoms with Crippen molar-refractivity contribution in [1.82, 2.24) is 9.21 Å². The Morgan fingerprint density at radius 3 is 2.25 bits per heavy atom. The zero-order chi connectivity index (χ0) is 15.5. The number of nitro benzene ring substituents is 1. The molecule has 20 heavy (non-hydrogen) atoms. The minimum Gasteiger partial charge on any atom is -0.383 e. The Labute approximate surface area is 118 Å². The van der Waals surface area contributed by atoms with E-state index in [0.717, 1.165) is 10.4 Å². The van der Waals surface area contributed by atoms with Crippen molar-refractivity contribution < 1.29 is 13.3 Å². The quantitative estimate of drug-likeness (QED) is 0.606. The largest absolute Gasteiger partial charge is 0.383 e. The zero-order valence-electron chi connectivity index (χ0n) is 11.8. The van der Waals surface area contributed by atoms with Gasteiger partial charge in [0.25, 0.3) is 5.69 Å². The summed E-state index contributed by atoms with van der Waals surface area (Å²) >= 11 is 0. The van der Waals surface area contributed by atoms with Gasteiger partial charge < -0.3 is 4.90 Å². The summed E-state index contributed by atoms with van der Waals surface area (Å²) in [4.78, 5) is 12.1. The van der Waals surface area contributed by atoms with Crippen LogP contribution in [0.2, 0.25) is 0 Å². The molecular formula is C12H17N3O4S. The third-order valence-corrected chi connectivity index (χ3v) is 4.34. The summed E-state index contributed by atoms with van der Waals surface area (Å²) < 4.78 is 24.9. The first-order valence-corrected chi connectivity index (χ1v) is 7.16. The second-order valence-corrected chi connectivity index (χ2v) is 6.70. The number of hydrogen-bond acceptors (Lipinski definition) is 5. The number of rotatable bonds is 5. The van der Waals surface area contributed by atoms with Crippen LogP contribution in [0.3, 0.4) is 0 Å². The van der Waals surface area contributed by atoms with Crippen LogP contribution in [0.1, 0.15) is 5.56 Å². The van der Waals surface area contributed by atoms with Crippen LogP contribution >= 0.6 is 0 Å². The van der Waals surface area contributed by atoms with Gasteiger partial charge in [-0.05, 0) is 24.4 Å². The molecule has 0 heterocycles. The van der Waals surface area contributed by atoms with Gasteiger partial charge in [-0.15, -0.1) is 0 Å². The highest BCUT2D eigenvalue weighted by molar-refractivity contribution is 7.89. The van der Waals surface area contributed by atoms with E-state index in [0.29, 0.717) is 5.56 Å². The molecule has 0 aliphatic heterocycles. The van der Waals surface area contributed by atoms with Crippen molar-refractivity contribution in [2.75, 3.05) is 28.2 Å². The van der Waals surface area contributed by atoms with Crippen LogP contribution in [-0.4, -0.2) is 50.7 Å². The van der Waals surface area contributed by atoms with Crippen LogP contribution in [0.5, 0.6) is 0 Å². The molecule has 1 aromatic rings. The van der Waals surface area contributed by atoms with E-state index in [-0.39, 0.29) is 10.6 Å². The van der Waals surface area contributed by atoms with Crippen molar-refractivity contribution in [2.24, 2.45) is 0 Å². The molecule has 0 aliphatic carbocycles. The number of nitro groups is 1. The molecule has 0 aliphatic rings. The first kappa shape index (κ1) is 16.1. The van der Waals surface area contributed by atoms with Crippen LogP contribution in [0, 0.1) is 10.1 Å². The summed E-state index contributed by atoms with van der Waals surface area (Å²) in [5.41, 5.74) is 0.104. The Morgan fingerprint density at radius 1 is 1.20 bits per heavy atom. The van der Waals surface area contributed by atoms with Crippen LogP contribution in [0.4, 0.5) is 5.69 Å². The highest BCUT2D eigenvalue weighted by atomic mass is 32.2. The van der Waals surface area contributed by atoms with Crippen molar-refractivity contribution in [1.29, 1.82) is 0 Å². The highest BCUT2D eigenvalue weighted by Gasteiger charge is 2.22. The minimum atomic E-state index is -3.69. The van der Waals surface area contributed by atoms with E-state index in [1.165, 1.54) is 26.2 Å². The Kier molecular flexibility index (Phi) is 4.85. The lowest BCUT2D eigenvalue weighted by Gasteiger charge is -2.11. The van der Waals surface area contributed by atoms with Crippen LogP contribution in [0.15, 0.2) is 29.3 Å². The highest BCUT2D eigenvalue weighted by Crippen LogP contribution is 2.25. The molecule has 0 spiro atoms. The molecule has 0 atom stereocenters. The van der Waals surface area contributed by atoms with Crippen molar-refractivity contribution in [3.63, 3.8) is 0 Å². The smallest absolute Gasteiger partial charge is 0.277 e. The second kappa shape index (κ2) is 6.02. The molecule has 7 nitrogen and oxygen atoms in total. The van der Waals surface area contributed by atoms with Gasteiger partial charge in [-0.25, -0.2) is 12.7 Å². The average Bonchev–Trinajstić information content (AvgIpc) is 2.35. The Morgan fingerprint density at radius 2 is 1.80 bits per heavy atom. The lowest BCUT2D eigenvalue weighted by atomic mass is 10.2. The second-order valence-electron chi connectivity index (χ2n) is 4.54. The number of sulfonamides is 1. The van der Waals surface area contributed by atoms with Gasteiger partial charge in [-0.3, -0.25) is 10.1 Å². The Balaban J connectivity index is 3.38. The normalized spacial score (nSPS) is 12.1. The van der Waals surface area contributed by atoms with Crippen molar-refractivity contribution in [2.45, 2.75) is 4.90 Å². The van der Waals surface area contributed by atoms with Crippen LogP contribution in [-0.2, 0) is 10.0 Å². The lowest BCUT2D eigenvalue weighted by Crippen LogP contribution is -2.22. The molecule has 8 heteroatoms. The van der Waals surface area contributed by atoms with Gasteiger partial charge in [-0.1, -0.05) is 0 Å². The summed E-state index contributed by atoms with van der Waals surface area (Å²) in [7, 11) is 2.64. The molecule has 0 radical (unpaired) electrons. The van der Waals surface area contributed by atoms with E-state index in [1.54, 1.807) is 31.3 Å². The van der Waals surface area contributed by atoms with E-state index in [2.05, 4.69) is 0 Å². The molecule has 1 rings (SSSR count). The number of nitrogens with zero attached hydrogens (tertiary/aromatic N) is 3. The molecule has 0 fully saturated rings. The van der Waals surface area contributed by atoms with Crippen molar-refractivity contribution in [3.05, 3.63) is 40.1 Å². The lowest BCUT2D eigenvalue weighted by molar-refractivity contribution is -0.385. The Hall–Kier alpha value is -1.93. The van der Waals surface area contributed by atoms with E-state index < -0.39 is 14.9 Å². The van der Waals surface area contributed by atoms with E-state index in [1.807, 2.05) is 0 Å². The monoisotopic (exact) mass is 299 g/mol. The molecule has 0 saturated carbocycles. The standard InChI is InChI=1S/C12H17N3O4S/c1-13(2)8-7-10-5-6-11(9-12(10)15(16)17)20(18,19)14(3)4/h5-9H,1-4H3/b8-7+. The maximum absolute atomic E-state index is 12.0.